The van der Waals surface area contributed by atoms with E-state index in [2.05, 4.69) is 19.9 Å². The number of carbonyl (C=O) groups is 1. The van der Waals surface area contributed by atoms with Gasteiger partial charge in [-0.25, -0.2) is 0 Å². The minimum Gasteiger partial charge on any atom is -0.461 e. The van der Waals surface area contributed by atoms with Gasteiger partial charge in [0, 0.05) is 5.41 Å². The Labute approximate surface area is 254 Å². The maximum absolute atomic E-state index is 13.7. The summed E-state index contributed by atoms with van der Waals surface area (Å²) >= 11 is 0. The van der Waals surface area contributed by atoms with Crippen LogP contribution in [-0.4, -0.2) is 18.3 Å². The fourth-order valence-corrected chi connectivity index (χ4v) is 6.99. The van der Waals surface area contributed by atoms with Gasteiger partial charge >= 0.3 is 18.3 Å². The first-order chi connectivity index (χ1) is 20.3. The highest BCUT2D eigenvalue weighted by Crippen LogP contribution is 2.55. The summed E-state index contributed by atoms with van der Waals surface area (Å²) < 4.78 is 87.6. The number of halogens is 6. The second-order valence-corrected chi connectivity index (χ2v) is 13.9. The second kappa shape index (κ2) is 11.0. The van der Waals surface area contributed by atoms with Crippen LogP contribution in [0, 0.1) is 16.7 Å². The van der Waals surface area contributed by atoms with Gasteiger partial charge in [-0.15, -0.1) is 0 Å². The molecule has 5 rings (SSSR count). The summed E-state index contributed by atoms with van der Waals surface area (Å²) in [6.45, 7) is 8.74. The van der Waals surface area contributed by atoms with Gasteiger partial charge in [-0.05, 0) is 82.9 Å². The molecule has 2 nitrogen and oxygen atoms in total. The van der Waals surface area contributed by atoms with Crippen molar-refractivity contribution in [3.05, 3.63) is 94.5 Å². The Morgan fingerprint density at radius 3 is 2.02 bits per heavy atom. The van der Waals surface area contributed by atoms with Crippen molar-refractivity contribution in [1.82, 2.24) is 0 Å². The molecule has 3 aromatic carbocycles. The Morgan fingerprint density at radius 2 is 1.41 bits per heavy atom. The highest BCUT2D eigenvalue weighted by atomic mass is 19.4. The molecule has 2 aliphatic rings. The molecular formula is C36H38F6O2. The number of alkyl halides is 6. The van der Waals surface area contributed by atoms with Crippen LogP contribution in [0.1, 0.15) is 87.6 Å². The van der Waals surface area contributed by atoms with Crippen LogP contribution in [0.5, 0.6) is 0 Å². The second-order valence-electron chi connectivity index (χ2n) is 13.9. The normalized spacial score (nSPS) is 21.0. The van der Waals surface area contributed by atoms with Gasteiger partial charge in [-0.3, -0.25) is 4.79 Å². The van der Waals surface area contributed by atoms with Gasteiger partial charge in [0.2, 0.25) is 0 Å². The molecule has 0 aromatic heterocycles. The van der Waals surface area contributed by atoms with Crippen LogP contribution in [0.2, 0.25) is 0 Å². The van der Waals surface area contributed by atoms with E-state index in [1.54, 1.807) is 6.07 Å². The molecule has 0 saturated heterocycles. The highest BCUT2D eigenvalue weighted by molar-refractivity contribution is 5.81. The molecule has 0 aliphatic heterocycles. The molecule has 2 atom stereocenters. The summed E-state index contributed by atoms with van der Waals surface area (Å²) in [6, 6.07) is 20.2. The van der Waals surface area contributed by atoms with Crippen molar-refractivity contribution in [2.75, 3.05) is 0 Å². The largest absolute Gasteiger partial charge is 0.461 e. The fourth-order valence-electron chi connectivity index (χ4n) is 6.99. The molecule has 3 aromatic rings. The molecular weight excluding hydrogens is 578 g/mol. The average molecular weight is 617 g/mol. The summed E-state index contributed by atoms with van der Waals surface area (Å²) in [7, 11) is 0. The monoisotopic (exact) mass is 616 g/mol. The zero-order chi connectivity index (χ0) is 32.3. The summed E-state index contributed by atoms with van der Waals surface area (Å²) in [5, 5.41) is 0. The summed E-state index contributed by atoms with van der Waals surface area (Å²) in [6.07, 6.45) is -9.89. The number of hydrogen-bond acceptors (Lipinski definition) is 2. The Morgan fingerprint density at radius 1 is 0.818 bits per heavy atom. The van der Waals surface area contributed by atoms with Crippen molar-refractivity contribution in [3.8, 4) is 11.1 Å². The average Bonchev–Trinajstić information content (AvgIpc) is 3.16. The molecule has 0 radical (unpaired) electrons. The van der Waals surface area contributed by atoms with E-state index in [1.165, 1.54) is 12.1 Å². The fraction of sp³-hybridized carbons (Fsp3) is 0.472. The lowest BCUT2D eigenvalue weighted by Crippen LogP contribution is -2.49. The molecule has 236 valence electrons. The van der Waals surface area contributed by atoms with Gasteiger partial charge in [0.05, 0.1) is 5.92 Å². The molecule has 44 heavy (non-hydrogen) atoms. The van der Waals surface area contributed by atoms with Crippen LogP contribution in [-0.2, 0) is 28.0 Å². The quantitative estimate of drug-likeness (QED) is 0.204. The van der Waals surface area contributed by atoms with E-state index in [-0.39, 0.29) is 42.3 Å². The topological polar surface area (TPSA) is 26.3 Å². The Bertz CT molecular complexity index is 1520. The predicted molar refractivity (Wildman–Crippen MR) is 158 cm³/mol. The predicted octanol–water partition coefficient (Wildman–Crippen LogP) is 10.3. The molecule has 8 heteroatoms. The van der Waals surface area contributed by atoms with Crippen LogP contribution in [0.3, 0.4) is 0 Å². The number of fused-ring (bicyclic) bond motifs is 3. The number of ether oxygens (including phenoxy) is 1. The van der Waals surface area contributed by atoms with E-state index in [0.717, 1.165) is 40.7 Å². The van der Waals surface area contributed by atoms with Gasteiger partial charge < -0.3 is 4.74 Å². The molecule has 2 aliphatic carbocycles. The first-order valence-electron chi connectivity index (χ1n) is 15.0. The van der Waals surface area contributed by atoms with E-state index in [4.69, 9.17) is 4.74 Å². The van der Waals surface area contributed by atoms with Crippen molar-refractivity contribution in [1.29, 1.82) is 0 Å². The Hall–Kier alpha value is -3.29. The summed E-state index contributed by atoms with van der Waals surface area (Å²) in [5.41, 5.74) is 0.808. The van der Waals surface area contributed by atoms with E-state index in [9.17, 15) is 31.1 Å². The highest BCUT2D eigenvalue weighted by Gasteiger charge is 2.67. The zero-order valence-electron chi connectivity index (χ0n) is 25.6. The number of rotatable bonds is 6. The third-order valence-electron chi connectivity index (χ3n) is 10.1. The first-order valence-corrected chi connectivity index (χ1v) is 15.0. The molecule has 2 unspecified atom stereocenters. The van der Waals surface area contributed by atoms with Crippen LogP contribution >= 0.6 is 0 Å². The van der Waals surface area contributed by atoms with Crippen molar-refractivity contribution in [3.63, 3.8) is 0 Å². The smallest absolute Gasteiger partial charge is 0.403 e. The number of hydrogen-bond donors (Lipinski definition) is 0. The lowest BCUT2D eigenvalue weighted by Gasteiger charge is -2.42. The summed E-state index contributed by atoms with van der Waals surface area (Å²) in [5.74, 6) is -0.389. The summed E-state index contributed by atoms with van der Waals surface area (Å²) in [4.78, 5) is 13.1. The zero-order valence-corrected chi connectivity index (χ0v) is 25.6. The van der Waals surface area contributed by atoms with Gasteiger partial charge in [0.15, 0.2) is 5.41 Å². The van der Waals surface area contributed by atoms with Crippen molar-refractivity contribution in [2.45, 2.75) is 90.6 Å². The van der Waals surface area contributed by atoms with Gasteiger partial charge in [0.1, 0.15) is 6.61 Å². The van der Waals surface area contributed by atoms with E-state index in [0.29, 0.717) is 12.0 Å². The van der Waals surface area contributed by atoms with Crippen LogP contribution in [0.25, 0.3) is 11.1 Å². The molecule has 0 bridgehead atoms. The van der Waals surface area contributed by atoms with E-state index < -0.39 is 29.6 Å². The molecule has 1 saturated carbocycles. The standard InChI is InChI=1S/C36H38F6O2/c1-32(2)16-15-25(31(43)44-21-22-9-7-6-8-10-22)19-28(32)24-12-14-27-26-13-11-23(17-29(26)33(3,4)30(27)18-24)20-34(5,35(37,38)39)36(40,41)42/h6-14,17-18,25,28H,15-16,19-21H2,1-5H3. The number of esters is 1. The third-order valence-corrected chi connectivity index (χ3v) is 10.1. The van der Waals surface area contributed by atoms with Gasteiger partial charge in [-0.1, -0.05) is 94.4 Å². The minimum atomic E-state index is -5.45. The van der Waals surface area contributed by atoms with Crippen LogP contribution < -0.4 is 0 Å². The molecule has 0 N–H and O–H groups in total. The molecule has 1 fully saturated rings. The van der Waals surface area contributed by atoms with Crippen molar-refractivity contribution < 1.29 is 35.9 Å². The van der Waals surface area contributed by atoms with Gasteiger partial charge in [-0.2, -0.15) is 26.3 Å². The Balaban J connectivity index is 1.41. The SMILES string of the molecule is CC1(C)c2cc(CC(C)(C(F)(F)F)C(F)(F)F)ccc2-c2ccc(C3CC(C(=O)OCc4ccccc4)CCC3(C)C)cc21. The Kier molecular flexibility index (Phi) is 7.99. The third kappa shape index (κ3) is 5.65. The number of carbonyl (C=O) groups excluding carboxylic acids is 1. The van der Waals surface area contributed by atoms with Crippen LogP contribution in [0.15, 0.2) is 66.7 Å². The maximum atomic E-state index is 13.7. The molecule has 0 amide bonds. The number of benzene rings is 3. The first kappa shape index (κ1) is 32.1. The minimum absolute atomic E-state index is 0.00715. The van der Waals surface area contributed by atoms with Crippen molar-refractivity contribution in [2.24, 2.45) is 16.7 Å². The van der Waals surface area contributed by atoms with Crippen molar-refractivity contribution >= 4 is 5.97 Å². The molecule has 0 spiro atoms. The lowest BCUT2D eigenvalue weighted by atomic mass is 9.62. The molecule has 0 heterocycles. The maximum Gasteiger partial charge on any atom is 0.403 e. The van der Waals surface area contributed by atoms with Crippen LogP contribution in [0.4, 0.5) is 26.3 Å². The van der Waals surface area contributed by atoms with Gasteiger partial charge in [0.25, 0.3) is 0 Å². The van der Waals surface area contributed by atoms with E-state index >= 15 is 0 Å². The lowest BCUT2D eigenvalue weighted by molar-refractivity contribution is -0.334. The van der Waals surface area contributed by atoms with E-state index in [1.807, 2.05) is 56.3 Å².